The van der Waals surface area contributed by atoms with Crippen LogP contribution in [0, 0.1) is 18.6 Å². The summed E-state index contributed by atoms with van der Waals surface area (Å²) in [4.78, 5) is 8.40. The summed E-state index contributed by atoms with van der Waals surface area (Å²) in [5.41, 5.74) is 2.75. The molecule has 4 nitrogen and oxygen atoms in total. The highest BCUT2D eigenvalue weighted by atomic mass is 19.2. The second-order valence-corrected chi connectivity index (χ2v) is 5.30. The largest absolute Gasteiger partial charge is 0.366 e. The predicted octanol–water partition coefficient (Wildman–Crippen LogP) is 4.42. The maximum Gasteiger partial charge on any atom is 0.229 e. The van der Waals surface area contributed by atoms with Crippen LogP contribution in [0.1, 0.15) is 11.1 Å². The van der Waals surface area contributed by atoms with Crippen LogP contribution in [0.3, 0.4) is 0 Å². The summed E-state index contributed by atoms with van der Waals surface area (Å²) in [7, 11) is 0. The maximum atomic E-state index is 13.2. The molecular weight excluding hydrogens is 310 g/mol. The molecule has 24 heavy (non-hydrogen) atoms. The number of halogens is 2. The van der Waals surface area contributed by atoms with Gasteiger partial charge in [-0.05, 0) is 36.2 Å². The van der Waals surface area contributed by atoms with Crippen molar-refractivity contribution in [1.29, 1.82) is 0 Å². The number of rotatable bonds is 5. The summed E-state index contributed by atoms with van der Waals surface area (Å²) in [6.07, 6.45) is 1.59. The van der Waals surface area contributed by atoms with E-state index >= 15 is 0 Å². The van der Waals surface area contributed by atoms with Gasteiger partial charge in [0.1, 0.15) is 5.82 Å². The molecule has 0 saturated heterocycles. The summed E-state index contributed by atoms with van der Waals surface area (Å²) < 4.78 is 26.2. The Hall–Kier alpha value is -3.02. The molecule has 3 aromatic rings. The fourth-order valence-corrected chi connectivity index (χ4v) is 2.21. The molecule has 0 fully saturated rings. The smallest absolute Gasteiger partial charge is 0.229 e. The van der Waals surface area contributed by atoms with E-state index in [1.54, 1.807) is 12.3 Å². The van der Waals surface area contributed by atoms with Gasteiger partial charge in [-0.3, -0.25) is 0 Å². The van der Waals surface area contributed by atoms with Crippen LogP contribution in [-0.2, 0) is 6.54 Å². The Labute approximate surface area is 138 Å². The number of aromatic nitrogens is 2. The van der Waals surface area contributed by atoms with Gasteiger partial charge in [0.05, 0.1) is 0 Å². The van der Waals surface area contributed by atoms with Crippen molar-refractivity contribution in [3.05, 3.63) is 77.5 Å². The van der Waals surface area contributed by atoms with E-state index in [1.165, 1.54) is 17.2 Å². The molecule has 0 aliphatic carbocycles. The van der Waals surface area contributed by atoms with Gasteiger partial charge < -0.3 is 10.6 Å². The number of benzene rings is 2. The zero-order chi connectivity index (χ0) is 16.9. The third kappa shape index (κ3) is 3.84. The van der Waals surface area contributed by atoms with E-state index in [9.17, 15) is 8.78 Å². The number of hydrogen-bond donors (Lipinski definition) is 2. The Morgan fingerprint density at radius 1 is 1.00 bits per heavy atom. The van der Waals surface area contributed by atoms with Gasteiger partial charge in [0.2, 0.25) is 5.95 Å². The topological polar surface area (TPSA) is 49.8 Å². The van der Waals surface area contributed by atoms with E-state index in [0.717, 1.165) is 12.1 Å². The minimum Gasteiger partial charge on any atom is -0.366 e. The van der Waals surface area contributed by atoms with Crippen molar-refractivity contribution in [3.63, 3.8) is 0 Å². The normalized spacial score (nSPS) is 10.5. The van der Waals surface area contributed by atoms with Gasteiger partial charge in [0, 0.05) is 24.5 Å². The van der Waals surface area contributed by atoms with Gasteiger partial charge >= 0.3 is 0 Å². The number of anilines is 3. The van der Waals surface area contributed by atoms with E-state index in [1.807, 2.05) is 31.2 Å². The van der Waals surface area contributed by atoms with Crippen molar-refractivity contribution in [2.75, 3.05) is 10.6 Å². The first-order valence-corrected chi connectivity index (χ1v) is 7.45. The average Bonchev–Trinajstić information content (AvgIpc) is 2.58. The average molecular weight is 326 g/mol. The molecule has 0 amide bonds. The molecule has 2 N–H and O–H groups in total. The van der Waals surface area contributed by atoms with Gasteiger partial charge in [-0.25, -0.2) is 13.8 Å². The highest BCUT2D eigenvalue weighted by Crippen LogP contribution is 2.17. The third-order valence-electron chi connectivity index (χ3n) is 3.55. The minimum atomic E-state index is -0.922. The number of nitrogens with zero attached hydrogens (tertiary/aromatic N) is 2. The maximum absolute atomic E-state index is 13.2. The first kappa shape index (κ1) is 15.9. The van der Waals surface area contributed by atoms with Crippen molar-refractivity contribution in [3.8, 4) is 0 Å². The lowest BCUT2D eigenvalue weighted by molar-refractivity contribution is 0.509. The first-order valence-electron chi connectivity index (χ1n) is 7.45. The second-order valence-electron chi connectivity index (χ2n) is 5.30. The zero-order valence-corrected chi connectivity index (χ0v) is 13.1. The summed E-state index contributed by atoms with van der Waals surface area (Å²) in [5, 5.41) is 6.08. The Morgan fingerprint density at radius 3 is 2.62 bits per heavy atom. The number of hydrogen-bond acceptors (Lipinski definition) is 4. The molecule has 3 rings (SSSR count). The van der Waals surface area contributed by atoms with Crippen molar-refractivity contribution in [2.45, 2.75) is 13.5 Å². The highest BCUT2D eigenvalue weighted by molar-refractivity contribution is 5.54. The van der Waals surface area contributed by atoms with Crippen LogP contribution in [0.5, 0.6) is 0 Å². The molecule has 0 aliphatic heterocycles. The number of aryl methyl sites for hydroxylation is 1. The Morgan fingerprint density at radius 2 is 1.83 bits per heavy atom. The first-order chi connectivity index (χ1) is 11.6. The molecule has 2 aromatic carbocycles. The Bertz CT molecular complexity index is 852. The lowest BCUT2D eigenvalue weighted by Gasteiger charge is -2.10. The van der Waals surface area contributed by atoms with E-state index in [0.29, 0.717) is 24.0 Å². The molecule has 0 unspecified atom stereocenters. The zero-order valence-electron chi connectivity index (χ0n) is 13.1. The quantitative estimate of drug-likeness (QED) is 0.729. The molecule has 0 radical (unpaired) electrons. The fraction of sp³-hybridized carbons (Fsp3) is 0.111. The van der Waals surface area contributed by atoms with Crippen molar-refractivity contribution in [1.82, 2.24) is 9.97 Å². The summed E-state index contributed by atoms with van der Waals surface area (Å²) in [6, 6.07) is 13.4. The molecule has 6 heteroatoms. The number of nitrogens with one attached hydrogen (secondary N) is 2. The molecule has 122 valence electrons. The minimum absolute atomic E-state index is 0.302. The molecule has 0 saturated carbocycles. The summed E-state index contributed by atoms with van der Waals surface area (Å²) in [6.45, 7) is 2.68. The van der Waals surface area contributed by atoms with Crippen LogP contribution in [0.25, 0.3) is 0 Å². The highest BCUT2D eigenvalue weighted by Gasteiger charge is 2.05. The van der Waals surface area contributed by atoms with Gasteiger partial charge in [-0.15, -0.1) is 0 Å². The fourth-order valence-electron chi connectivity index (χ4n) is 2.21. The molecule has 0 atom stereocenters. The van der Waals surface area contributed by atoms with Crippen LogP contribution in [0.2, 0.25) is 0 Å². The van der Waals surface area contributed by atoms with Gasteiger partial charge in [-0.1, -0.05) is 24.3 Å². The van der Waals surface area contributed by atoms with E-state index < -0.39 is 11.6 Å². The monoisotopic (exact) mass is 326 g/mol. The molecular formula is C18H16F2N4. The standard InChI is InChI=1S/C18H16F2N4/c1-12-4-2-3-5-13(12)11-22-17-8-9-21-18(24-17)23-14-6-7-15(19)16(20)10-14/h2-10H,11H2,1H3,(H2,21,22,23,24). The third-order valence-corrected chi connectivity index (χ3v) is 3.55. The van der Waals surface area contributed by atoms with Crippen LogP contribution in [0.4, 0.5) is 26.2 Å². The van der Waals surface area contributed by atoms with Crippen molar-refractivity contribution in [2.24, 2.45) is 0 Å². The van der Waals surface area contributed by atoms with Gasteiger partial charge in [-0.2, -0.15) is 4.98 Å². The SMILES string of the molecule is Cc1ccccc1CNc1ccnc(Nc2ccc(F)c(F)c2)n1. The predicted molar refractivity (Wildman–Crippen MR) is 90.2 cm³/mol. The summed E-state index contributed by atoms with van der Waals surface area (Å²) in [5.74, 6) is -0.877. The molecule has 0 spiro atoms. The van der Waals surface area contributed by atoms with Crippen LogP contribution < -0.4 is 10.6 Å². The van der Waals surface area contributed by atoms with Crippen LogP contribution in [0.15, 0.2) is 54.7 Å². The van der Waals surface area contributed by atoms with E-state index in [4.69, 9.17) is 0 Å². The lowest BCUT2D eigenvalue weighted by atomic mass is 10.1. The molecule has 0 aliphatic rings. The van der Waals surface area contributed by atoms with Crippen LogP contribution >= 0.6 is 0 Å². The van der Waals surface area contributed by atoms with E-state index in [2.05, 4.69) is 20.6 Å². The second kappa shape index (κ2) is 7.04. The van der Waals surface area contributed by atoms with Crippen molar-refractivity contribution < 1.29 is 8.78 Å². The Kier molecular flexibility index (Phi) is 4.65. The molecule has 1 aromatic heterocycles. The van der Waals surface area contributed by atoms with E-state index in [-0.39, 0.29) is 0 Å². The lowest BCUT2D eigenvalue weighted by Crippen LogP contribution is -2.05. The summed E-state index contributed by atoms with van der Waals surface area (Å²) >= 11 is 0. The van der Waals surface area contributed by atoms with Crippen molar-refractivity contribution >= 4 is 17.5 Å². The van der Waals surface area contributed by atoms with Crippen LogP contribution in [-0.4, -0.2) is 9.97 Å². The van der Waals surface area contributed by atoms with Gasteiger partial charge in [0.25, 0.3) is 0 Å². The molecule has 0 bridgehead atoms. The molecule has 1 heterocycles. The van der Waals surface area contributed by atoms with Gasteiger partial charge in [0.15, 0.2) is 11.6 Å². The Balaban J connectivity index is 1.69.